The number of carboxylic acid groups (broad SMARTS) is 1. The highest BCUT2D eigenvalue weighted by atomic mass is 79.9. The van der Waals surface area contributed by atoms with E-state index in [4.69, 9.17) is 0 Å². The fourth-order valence-electron chi connectivity index (χ4n) is 3.94. The maximum atomic E-state index is 12.6. The number of nitro benzene ring substituents is 1. The van der Waals surface area contributed by atoms with Crippen LogP contribution in [0.25, 0.3) is 0 Å². The summed E-state index contributed by atoms with van der Waals surface area (Å²) in [5, 5.41) is 20.3. The minimum Gasteiger partial charge on any atom is -0.480 e. The van der Waals surface area contributed by atoms with E-state index in [1.807, 2.05) is 0 Å². The third-order valence-electron chi connectivity index (χ3n) is 5.05. The minimum absolute atomic E-state index is 0.0296. The number of amides is 1. The van der Waals surface area contributed by atoms with E-state index in [1.54, 1.807) is 0 Å². The van der Waals surface area contributed by atoms with Gasteiger partial charge in [-0.25, -0.2) is 4.79 Å². The van der Waals surface area contributed by atoms with Gasteiger partial charge in [0.25, 0.3) is 5.69 Å². The molecule has 1 amide bonds. The van der Waals surface area contributed by atoms with Crippen LogP contribution >= 0.6 is 15.9 Å². The van der Waals surface area contributed by atoms with Gasteiger partial charge in [0.05, 0.1) is 11.3 Å². The van der Waals surface area contributed by atoms with Gasteiger partial charge in [0, 0.05) is 23.2 Å². The zero-order valence-corrected chi connectivity index (χ0v) is 14.4. The maximum Gasteiger partial charge on any atom is 0.326 e. The quantitative estimate of drug-likeness (QED) is 0.622. The number of benzene rings is 1. The van der Waals surface area contributed by atoms with E-state index in [0.717, 1.165) is 19.3 Å². The maximum absolute atomic E-state index is 12.6. The Kier molecular flexibility index (Phi) is 4.58. The average molecular weight is 397 g/mol. The first kappa shape index (κ1) is 16.9. The lowest BCUT2D eigenvalue weighted by atomic mass is 9.94. The number of carboxylic acids is 1. The number of aliphatic carboxylic acids is 1. The predicted molar refractivity (Wildman–Crippen MR) is 88.5 cm³/mol. The molecule has 2 fully saturated rings. The van der Waals surface area contributed by atoms with Crippen LogP contribution in [0.4, 0.5) is 5.69 Å². The Hall–Kier alpha value is -1.96. The van der Waals surface area contributed by atoms with Gasteiger partial charge in [0.15, 0.2) is 0 Å². The highest BCUT2D eigenvalue weighted by molar-refractivity contribution is 9.10. The van der Waals surface area contributed by atoms with Gasteiger partial charge in [-0.1, -0.05) is 28.4 Å². The van der Waals surface area contributed by atoms with Crippen molar-refractivity contribution in [2.45, 2.75) is 31.7 Å². The summed E-state index contributed by atoms with van der Waals surface area (Å²) >= 11 is 3.25. The highest BCUT2D eigenvalue weighted by Gasteiger charge is 2.49. The van der Waals surface area contributed by atoms with Crippen LogP contribution in [0.2, 0.25) is 0 Å². The van der Waals surface area contributed by atoms with E-state index < -0.39 is 16.9 Å². The molecule has 3 rings (SSSR count). The molecule has 8 heteroatoms. The van der Waals surface area contributed by atoms with Gasteiger partial charge < -0.3 is 10.0 Å². The summed E-state index contributed by atoms with van der Waals surface area (Å²) in [5.74, 6) is -0.867. The molecule has 1 N–H and O–H groups in total. The fourth-order valence-corrected chi connectivity index (χ4v) is 4.44. The molecule has 0 aromatic heterocycles. The van der Waals surface area contributed by atoms with Crippen LogP contribution < -0.4 is 0 Å². The highest BCUT2D eigenvalue weighted by Crippen LogP contribution is 2.42. The molecule has 7 nitrogen and oxygen atoms in total. The van der Waals surface area contributed by atoms with Gasteiger partial charge in [-0.3, -0.25) is 14.9 Å². The minimum atomic E-state index is -0.944. The predicted octanol–water partition coefficient (Wildman–Crippen LogP) is 2.61. The van der Waals surface area contributed by atoms with Crippen LogP contribution in [0.5, 0.6) is 0 Å². The Balaban J connectivity index is 1.77. The largest absolute Gasteiger partial charge is 0.480 e. The van der Waals surface area contributed by atoms with E-state index in [1.165, 1.54) is 23.1 Å². The number of carbonyl (C=O) groups excluding carboxylic acids is 1. The first-order valence-corrected chi connectivity index (χ1v) is 8.63. The summed E-state index contributed by atoms with van der Waals surface area (Å²) in [6, 6.07) is 3.49. The normalized spacial score (nSPS) is 25.5. The second-order valence-electron chi connectivity index (χ2n) is 6.39. The lowest BCUT2D eigenvalue weighted by molar-refractivity contribution is -0.384. The summed E-state index contributed by atoms with van der Waals surface area (Å²) < 4.78 is 0.483. The fraction of sp³-hybridized carbons (Fsp3) is 0.500. The van der Waals surface area contributed by atoms with Gasteiger partial charge in [-0.15, -0.1) is 0 Å². The second-order valence-corrected chi connectivity index (χ2v) is 7.25. The molecular formula is C16H17BrN2O5. The van der Waals surface area contributed by atoms with E-state index in [2.05, 4.69) is 15.9 Å². The molecule has 2 aliphatic rings. The van der Waals surface area contributed by atoms with Crippen molar-refractivity contribution in [2.75, 3.05) is 6.54 Å². The molecule has 1 saturated heterocycles. The number of carbonyl (C=O) groups is 2. The van der Waals surface area contributed by atoms with Crippen molar-refractivity contribution >= 4 is 33.5 Å². The Morgan fingerprint density at radius 3 is 2.75 bits per heavy atom. The zero-order valence-electron chi connectivity index (χ0n) is 12.9. The third-order valence-corrected chi connectivity index (χ3v) is 5.79. The number of fused-ring (bicyclic) bond motifs is 1. The number of hydrogen-bond acceptors (Lipinski definition) is 4. The first-order valence-electron chi connectivity index (χ1n) is 7.83. The molecule has 0 bridgehead atoms. The Bertz CT molecular complexity index is 708. The van der Waals surface area contributed by atoms with Gasteiger partial charge in [-0.05, 0) is 30.2 Å². The van der Waals surface area contributed by atoms with Crippen LogP contribution in [0, 0.1) is 22.0 Å². The lowest BCUT2D eigenvalue weighted by Gasteiger charge is -2.24. The monoisotopic (exact) mass is 396 g/mol. The van der Waals surface area contributed by atoms with Gasteiger partial charge in [-0.2, -0.15) is 0 Å². The Labute approximate surface area is 146 Å². The number of rotatable bonds is 4. The molecule has 3 unspecified atom stereocenters. The topological polar surface area (TPSA) is 101 Å². The molecule has 1 aromatic rings. The second kappa shape index (κ2) is 6.51. The molecule has 1 aliphatic carbocycles. The molecule has 1 heterocycles. The van der Waals surface area contributed by atoms with E-state index in [9.17, 15) is 24.8 Å². The standard InChI is InChI=1S/C16H17BrN2O5/c17-13-7-11(19(23)24)5-4-9(13)6-14(20)18-8-10-2-1-3-12(10)15(18)16(21)22/h4-5,7,10,12,15H,1-3,6,8H2,(H,21,22). The van der Waals surface area contributed by atoms with Crippen molar-refractivity contribution < 1.29 is 19.6 Å². The molecule has 24 heavy (non-hydrogen) atoms. The van der Waals surface area contributed by atoms with Gasteiger partial charge in [0.2, 0.25) is 5.91 Å². The van der Waals surface area contributed by atoms with E-state index in [0.29, 0.717) is 16.6 Å². The summed E-state index contributed by atoms with van der Waals surface area (Å²) in [6.07, 6.45) is 2.88. The van der Waals surface area contributed by atoms with E-state index in [-0.39, 0.29) is 29.9 Å². The summed E-state index contributed by atoms with van der Waals surface area (Å²) in [4.78, 5) is 36.0. The zero-order chi connectivity index (χ0) is 17.4. The smallest absolute Gasteiger partial charge is 0.326 e. The van der Waals surface area contributed by atoms with Crippen molar-refractivity contribution in [3.8, 4) is 0 Å². The number of halogens is 1. The summed E-state index contributed by atoms with van der Waals surface area (Å²) in [7, 11) is 0. The van der Waals surface area contributed by atoms with Crippen molar-refractivity contribution in [3.63, 3.8) is 0 Å². The molecule has 128 valence electrons. The molecular weight excluding hydrogens is 380 g/mol. The van der Waals surface area contributed by atoms with E-state index >= 15 is 0 Å². The van der Waals surface area contributed by atoms with Crippen LogP contribution in [-0.4, -0.2) is 39.4 Å². The van der Waals surface area contributed by atoms with Crippen LogP contribution in [0.3, 0.4) is 0 Å². The van der Waals surface area contributed by atoms with Gasteiger partial charge >= 0.3 is 5.97 Å². The number of nitro groups is 1. The average Bonchev–Trinajstić information content (AvgIpc) is 3.08. The first-order chi connectivity index (χ1) is 11.4. The summed E-state index contributed by atoms with van der Waals surface area (Å²) in [6.45, 7) is 0.491. The number of non-ortho nitro benzene ring substituents is 1. The molecule has 1 saturated carbocycles. The number of hydrogen-bond donors (Lipinski definition) is 1. The van der Waals surface area contributed by atoms with Crippen molar-refractivity contribution in [1.82, 2.24) is 4.90 Å². The molecule has 1 aliphatic heterocycles. The SMILES string of the molecule is O=C(O)C1C2CCCC2CN1C(=O)Cc1ccc([N+](=O)[O-])cc1Br. The molecule has 0 spiro atoms. The number of nitrogens with zero attached hydrogens (tertiary/aromatic N) is 2. The molecule has 3 atom stereocenters. The Morgan fingerprint density at radius 2 is 2.12 bits per heavy atom. The lowest BCUT2D eigenvalue weighted by Crippen LogP contribution is -2.44. The third kappa shape index (κ3) is 3.02. The summed E-state index contributed by atoms with van der Waals surface area (Å²) in [5.41, 5.74) is 0.559. The van der Waals surface area contributed by atoms with Crippen LogP contribution in [-0.2, 0) is 16.0 Å². The van der Waals surface area contributed by atoms with Crippen molar-refractivity contribution in [1.29, 1.82) is 0 Å². The van der Waals surface area contributed by atoms with Gasteiger partial charge in [0.1, 0.15) is 6.04 Å². The van der Waals surface area contributed by atoms with Crippen LogP contribution in [0.1, 0.15) is 24.8 Å². The molecule has 0 radical (unpaired) electrons. The van der Waals surface area contributed by atoms with Crippen LogP contribution in [0.15, 0.2) is 22.7 Å². The molecule has 1 aromatic carbocycles. The Morgan fingerprint density at radius 1 is 1.38 bits per heavy atom. The number of likely N-dealkylation sites (tertiary alicyclic amines) is 1. The van der Waals surface area contributed by atoms with Crippen molar-refractivity contribution in [3.05, 3.63) is 38.3 Å². The van der Waals surface area contributed by atoms with Crippen molar-refractivity contribution in [2.24, 2.45) is 11.8 Å².